The number of benzene rings is 1. The van der Waals surface area contributed by atoms with Gasteiger partial charge in [0.15, 0.2) is 0 Å². The molecule has 1 aromatic rings. The van der Waals surface area contributed by atoms with E-state index in [1.807, 2.05) is 0 Å². The van der Waals surface area contributed by atoms with Gasteiger partial charge in [0.25, 0.3) is 5.91 Å². The molecule has 0 aliphatic carbocycles. The third-order valence-corrected chi connectivity index (χ3v) is 5.54. The van der Waals surface area contributed by atoms with Gasteiger partial charge in [0.2, 0.25) is 5.91 Å². The average molecular weight is 391 g/mol. The third-order valence-electron chi connectivity index (χ3n) is 5.54. The summed E-state index contributed by atoms with van der Waals surface area (Å²) in [7, 11) is 3.10. The van der Waals surface area contributed by atoms with Crippen LogP contribution in [0.15, 0.2) is 18.2 Å². The maximum absolute atomic E-state index is 12.9. The summed E-state index contributed by atoms with van der Waals surface area (Å²) in [6.45, 7) is 3.26. The zero-order valence-corrected chi connectivity index (χ0v) is 16.6. The summed E-state index contributed by atoms with van der Waals surface area (Å²) in [5, 5.41) is 0. The molecular weight excluding hydrogens is 362 g/mol. The fourth-order valence-corrected chi connectivity index (χ4v) is 3.73. The highest BCUT2D eigenvalue weighted by Crippen LogP contribution is 2.24. The lowest BCUT2D eigenvalue weighted by Gasteiger charge is -2.37. The molecule has 28 heavy (non-hydrogen) atoms. The van der Waals surface area contributed by atoms with Gasteiger partial charge in [0.05, 0.1) is 20.3 Å². The van der Waals surface area contributed by atoms with Crippen molar-refractivity contribution in [1.82, 2.24) is 9.80 Å². The van der Waals surface area contributed by atoms with Crippen LogP contribution in [0, 0.1) is 5.92 Å². The van der Waals surface area contributed by atoms with Gasteiger partial charge in [0.1, 0.15) is 11.5 Å². The number of hydrogen-bond donors (Lipinski definition) is 1. The Morgan fingerprint density at radius 2 is 1.54 bits per heavy atom. The van der Waals surface area contributed by atoms with Crippen LogP contribution in [0.2, 0.25) is 0 Å². The molecule has 0 saturated carbocycles. The molecule has 2 fully saturated rings. The van der Waals surface area contributed by atoms with E-state index in [1.54, 1.807) is 42.2 Å². The van der Waals surface area contributed by atoms with E-state index >= 15 is 0 Å². The van der Waals surface area contributed by atoms with E-state index in [4.69, 9.17) is 19.9 Å². The second-order valence-electron chi connectivity index (χ2n) is 7.19. The maximum atomic E-state index is 12.9. The van der Waals surface area contributed by atoms with Crippen LogP contribution in [0.4, 0.5) is 0 Å². The summed E-state index contributed by atoms with van der Waals surface area (Å²) >= 11 is 0. The Morgan fingerprint density at radius 3 is 2.07 bits per heavy atom. The third kappa shape index (κ3) is 4.56. The number of methoxy groups -OCH3 is 2. The zero-order valence-electron chi connectivity index (χ0n) is 16.6. The molecule has 2 N–H and O–H groups in total. The first-order valence-electron chi connectivity index (χ1n) is 9.68. The molecule has 0 spiro atoms. The highest BCUT2D eigenvalue weighted by atomic mass is 16.5. The van der Waals surface area contributed by atoms with Crippen LogP contribution in [0.25, 0.3) is 0 Å². The normalized spacial score (nSPS) is 19.2. The predicted molar refractivity (Wildman–Crippen MR) is 104 cm³/mol. The van der Waals surface area contributed by atoms with Crippen LogP contribution in [0.3, 0.4) is 0 Å². The van der Waals surface area contributed by atoms with Gasteiger partial charge in [-0.15, -0.1) is 0 Å². The number of hydrogen-bond acceptors (Lipinski definition) is 6. The SMILES string of the molecule is COc1cc(OC)cc(C(=O)N2CCN(C(=O)C(N)C3CCOCC3)CC2)c1. The van der Waals surface area contributed by atoms with Gasteiger partial charge in [0, 0.05) is 51.0 Å². The van der Waals surface area contributed by atoms with Crippen molar-refractivity contribution in [3.63, 3.8) is 0 Å². The summed E-state index contributed by atoms with van der Waals surface area (Å²) in [4.78, 5) is 29.1. The number of nitrogens with zero attached hydrogens (tertiary/aromatic N) is 2. The van der Waals surface area contributed by atoms with Gasteiger partial charge < -0.3 is 29.7 Å². The molecule has 8 nitrogen and oxygen atoms in total. The van der Waals surface area contributed by atoms with Gasteiger partial charge in [-0.25, -0.2) is 0 Å². The summed E-state index contributed by atoms with van der Waals surface area (Å²) in [6.07, 6.45) is 1.64. The van der Waals surface area contributed by atoms with E-state index in [2.05, 4.69) is 0 Å². The first kappa shape index (κ1) is 20.4. The van der Waals surface area contributed by atoms with Crippen molar-refractivity contribution in [2.45, 2.75) is 18.9 Å². The van der Waals surface area contributed by atoms with Crippen molar-refractivity contribution in [2.24, 2.45) is 11.7 Å². The highest BCUT2D eigenvalue weighted by molar-refractivity contribution is 5.95. The number of carbonyl (C=O) groups excluding carboxylic acids is 2. The Bertz CT molecular complexity index is 675. The van der Waals surface area contributed by atoms with Crippen molar-refractivity contribution in [2.75, 3.05) is 53.6 Å². The number of nitrogens with two attached hydrogens (primary N) is 1. The molecule has 2 aliphatic heterocycles. The number of piperazine rings is 1. The van der Waals surface area contributed by atoms with Crippen molar-refractivity contribution in [3.8, 4) is 11.5 Å². The Morgan fingerprint density at radius 1 is 1.00 bits per heavy atom. The van der Waals surface area contributed by atoms with Crippen LogP contribution in [0.5, 0.6) is 11.5 Å². The molecule has 8 heteroatoms. The molecule has 2 aliphatic rings. The lowest BCUT2D eigenvalue weighted by atomic mass is 9.91. The Kier molecular flexibility index (Phi) is 6.74. The van der Waals surface area contributed by atoms with E-state index in [0.717, 1.165) is 12.8 Å². The molecule has 3 rings (SSSR count). The lowest BCUT2D eigenvalue weighted by Crippen LogP contribution is -2.56. The average Bonchev–Trinajstić information content (AvgIpc) is 2.77. The van der Waals surface area contributed by atoms with E-state index in [1.165, 1.54) is 0 Å². The summed E-state index contributed by atoms with van der Waals surface area (Å²) in [5.41, 5.74) is 6.73. The first-order chi connectivity index (χ1) is 13.5. The van der Waals surface area contributed by atoms with Crippen LogP contribution < -0.4 is 15.2 Å². The van der Waals surface area contributed by atoms with Crippen LogP contribution in [0.1, 0.15) is 23.2 Å². The molecule has 2 heterocycles. The highest BCUT2D eigenvalue weighted by Gasteiger charge is 2.32. The smallest absolute Gasteiger partial charge is 0.254 e. The standard InChI is InChI=1S/C20H29N3O5/c1-26-16-11-15(12-17(13-16)27-2)19(24)22-5-7-23(8-6-22)20(25)18(21)14-3-9-28-10-4-14/h11-14,18H,3-10,21H2,1-2H3. The molecule has 1 atom stereocenters. The maximum Gasteiger partial charge on any atom is 0.254 e. The van der Waals surface area contributed by atoms with E-state index in [0.29, 0.717) is 56.5 Å². The van der Waals surface area contributed by atoms with Gasteiger partial charge in [-0.1, -0.05) is 0 Å². The fraction of sp³-hybridized carbons (Fsp3) is 0.600. The molecule has 1 aromatic carbocycles. The van der Waals surface area contributed by atoms with Crippen LogP contribution in [-0.4, -0.2) is 81.3 Å². The predicted octanol–water partition coefficient (Wildman–Crippen LogP) is 0.742. The number of rotatable bonds is 5. The minimum absolute atomic E-state index is 0.0259. The molecule has 0 bridgehead atoms. The van der Waals surface area contributed by atoms with Crippen molar-refractivity contribution >= 4 is 11.8 Å². The monoisotopic (exact) mass is 391 g/mol. The Hall–Kier alpha value is -2.32. The topological polar surface area (TPSA) is 94.3 Å². The van der Waals surface area contributed by atoms with Gasteiger partial charge in [-0.3, -0.25) is 9.59 Å². The number of carbonyl (C=O) groups is 2. The summed E-state index contributed by atoms with van der Waals surface area (Å²) < 4.78 is 15.8. The summed E-state index contributed by atoms with van der Waals surface area (Å²) in [5.74, 6) is 1.18. The lowest BCUT2D eigenvalue weighted by molar-refractivity contribution is -0.136. The van der Waals surface area contributed by atoms with E-state index in [9.17, 15) is 9.59 Å². The summed E-state index contributed by atoms with van der Waals surface area (Å²) in [6, 6.07) is 4.63. The quantitative estimate of drug-likeness (QED) is 0.796. The van der Waals surface area contributed by atoms with E-state index < -0.39 is 6.04 Å². The molecule has 0 radical (unpaired) electrons. The second kappa shape index (κ2) is 9.25. The van der Waals surface area contributed by atoms with Crippen LogP contribution in [-0.2, 0) is 9.53 Å². The molecule has 2 amide bonds. The van der Waals surface area contributed by atoms with Gasteiger partial charge in [-0.05, 0) is 30.9 Å². The van der Waals surface area contributed by atoms with Crippen LogP contribution >= 0.6 is 0 Å². The molecular formula is C20H29N3O5. The number of ether oxygens (including phenoxy) is 3. The van der Waals surface area contributed by atoms with Gasteiger partial charge >= 0.3 is 0 Å². The van der Waals surface area contributed by atoms with Crippen molar-refractivity contribution in [3.05, 3.63) is 23.8 Å². The largest absolute Gasteiger partial charge is 0.497 e. The van der Waals surface area contributed by atoms with Crippen molar-refractivity contribution in [1.29, 1.82) is 0 Å². The molecule has 2 saturated heterocycles. The number of amides is 2. The molecule has 0 aromatic heterocycles. The molecule has 154 valence electrons. The van der Waals surface area contributed by atoms with Gasteiger partial charge in [-0.2, -0.15) is 0 Å². The Labute approximate surface area is 165 Å². The Balaban J connectivity index is 1.58. The van der Waals surface area contributed by atoms with E-state index in [-0.39, 0.29) is 17.7 Å². The zero-order chi connectivity index (χ0) is 20.1. The second-order valence-corrected chi connectivity index (χ2v) is 7.19. The fourth-order valence-electron chi connectivity index (χ4n) is 3.73. The minimum atomic E-state index is -0.492. The molecule has 1 unspecified atom stereocenters. The minimum Gasteiger partial charge on any atom is -0.497 e. The van der Waals surface area contributed by atoms with Crippen molar-refractivity contribution < 1.29 is 23.8 Å². The first-order valence-corrected chi connectivity index (χ1v) is 9.68.